The molecule has 2 atom stereocenters. The maximum atomic E-state index is 12.5. The van der Waals surface area contributed by atoms with E-state index in [0.717, 1.165) is 24.1 Å². The number of amides is 2. The molecule has 2 saturated heterocycles. The van der Waals surface area contributed by atoms with Crippen molar-refractivity contribution in [2.24, 2.45) is 5.73 Å². The summed E-state index contributed by atoms with van der Waals surface area (Å²) in [5.41, 5.74) is 9.13. The maximum Gasteiger partial charge on any atom is 0.414 e. The number of hydrogen-bond acceptors (Lipinski definition) is 6. The van der Waals surface area contributed by atoms with E-state index < -0.39 is 6.09 Å². The Morgan fingerprint density at radius 1 is 1.10 bits per heavy atom. The summed E-state index contributed by atoms with van der Waals surface area (Å²) in [7, 11) is 0. The molecule has 3 N–H and O–H groups in total. The van der Waals surface area contributed by atoms with Crippen LogP contribution in [0, 0.1) is 0 Å². The van der Waals surface area contributed by atoms with Gasteiger partial charge in [-0.1, -0.05) is 24.3 Å². The molecule has 2 aromatic carbocycles. The summed E-state index contributed by atoms with van der Waals surface area (Å²) < 4.78 is 5.16. The number of nitrogens with one attached hydrogen (secondary N) is 1. The fourth-order valence-electron chi connectivity index (χ4n) is 4.02. The Hall–Kier alpha value is -3.39. The molecule has 2 aliphatic rings. The zero-order valence-corrected chi connectivity index (χ0v) is 17.4. The van der Waals surface area contributed by atoms with E-state index in [1.54, 1.807) is 17.0 Å². The lowest BCUT2D eigenvalue weighted by Gasteiger charge is -2.21. The van der Waals surface area contributed by atoms with Gasteiger partial charge in [0.05, 0.1) is 11.7 Å². The van der Waals surface area contributed by atoms with Gasteiger partial charge in [0.1, 0.15) is 6.61 Å². The second-order valence-electron chi connectivity index (χ2n) is 7.95. The van der Waals surface area contributed by atoms with Gasteiger partial charge >= 0.3 is 6.09 Å². The first-order chi connectivity index (χ1) is 14.9. The minimum absolute atomic E-state index is 0.0300. The lowest BCUT2D eigenvalue weighted by atomic mass is 10.1. The highest BCUT2D eigenvalue weighted by molar-refractivity contribution is 5.91. The fraction of sp³-hybridized carbons (Fsp3) is 0.348. The molecule has 0 bridgehead atoms. The largest absolute Gasteiger partial charge is 0.447 e. The molecule has 0 saturated carbocycles. The van der Waals surface area contributed by atoms with Gasteiger partial charge in [0.25, 0.3) is 0 Å². The summed E-state index contributed by atoms with van der Waals surface area (Å²) in [6, 6.07) is 14.5. The molecule has 2 amide bonds. The smallest absolute Gasteiger partial charge is 0.414 e. The van der Waals surface area contributed by atoms with Crippen LogP contribution in [-0.2, 0) is 9.53 Å². The zero-order chi connectivity index (χ0) is 22.0. The molecule has 2 heterocycles. The van der Waals surface area contributed by atoms with Gasteiger partial charge in [-0.3, -0.25) is 14.5 Å². The molecular formula is C23H26N4O4. The first-order valence-corrected chi connectivity index (χ1v) is 10.4. The molecule has 2 aromatic rings. The van der Waals surface area contributed by atoms with Crippen molar-refractivity contribution in [3.05, 3.63) is 58.8 Å². The number of benzene rings is 1. The Kier molecular flexibility index (Phi) is 5.90. The number of nitrogens with two attached hydrogens (primary N) is 1. The quantitative estimate of drug-likeness (QED) is 0.760. The van der Waals surface area contributed by atoms with Gasteiger partial charge in [-0.2, -0.15) is 0 Å². The summed E-state index contributed by atoms with van der Waals surface area (Å²) in [6.07, 6.45) is 0.451. The molecule has 2 fully saturated rings. The average Bonchev–Trinajstić information content (AvgIpc) is 3.28. The van der Waals surface area contributed by atoms with Crippen LogP contribution in [0.5, 0.6) is 0 Å². The molecule has 8 nitrogen and oxygen atoms in total. The van der Waals surface area contributed by atoms with Crippen molar-refractivity contribution in [1.29, 1.82) is 0 Å². The fourth-order valence-corrected chi connectivity index (χ4v) is 4.02. The Bertz CT molecular complexity index is 1040. The summed E-state index contributed by atoms with van der Waals surface area (Å²) in [4.78, 5) is 39.5. The molecule has 162 valence electrons. The predicted octanol–water partition coefficient (Wildman–Crippen LogP) is 1.71. The van der Waals surface area contributed by atoms with Crippen LogP contribution in [0.1, 0.15) is 13.3 Å². The van der Waals surface area contributed by atoms with Crippen molar-refractivity contribution >= 4 is 23.4 Å². The number of nitrogens with zero attached hydrogens (tertiary/aromatic N) is 2. The Balaban J connectivity index is 1.55. The van der Waals surface area contributed by atoms with E-state index >= 15 is 0 Å². The van der Waals surface area contributed by atoms with E-state index in [4.69, 9.17) is 10.5 Å². The normalized spacial score (nSPS) is 20.6. The van der Waals surface area contributed by atoms with Crippen LogP contribution in [0.15, 0.2) is 53.3 Å². The van der Waals surface area contributed by atoms with Crippen molar-refractivity contribution in [2.75, 3.05) is 36.0 Å². The third kappa shape index (κ3) is 4.54. The number of anilines is 2. The standard InChI is InChI=1S/C23H26N4O4/c1-15(28)25-12-20-14-31-23(30)27(20)19-6-2-16(3-7-19)17-4-8-21(22(29)9-5-17)26-11-10-18(24)13-26/h2-9,18,20H,10-14,24H2,1H3,(H,25,28). The van der Waals surface area contributed by atoms with Crippen LogP contribution in [0.25, 0.3) is 11.1 Å². The van der Waals surface area contributed by atoms with Crippen LogP contribution in [0.3, 0.4) is 0 Å². The average molecular weight is 422 g/mol. The van der Waals surface area contributed by atoms with Crippen LogP contribution in [0.2, 0.25) is 0 Å². The molecule has 0 aliphatic carbocycles. The topological polar surface area (TPSA) is 105 Å². The van der Waals surface area contributed by atoms with Crippen molar-refractivity contribution in [3.63, 3.8) is 0 Å². The Morgan fingerprint density at radius 2 is 1.77 bits per heavy atom. The summed E-state index contributed by atoms with van der Waals surface area (Å²) >= 11 is 0. The van der Waals surface area contributed by atoms with E-state index in [9.17, 15) is 14.4 Å². The minimum Gasteiger partial charge on any atom is -0.447 e. The SMILES string of the molecule is CC(=O)NCC1COC(=O)N1c1ccc(-c2ccc(N3CCC(N)C3)c(=O)cc2)cc1. The molecule has 0 radical (unpaired) electrons. The molecule has 8 heteroatoms. The van der Waals surface area contributed by atoms with E-state index in [2.05, 4.69) is 5.32 Å². The molecular weight excluding hydrogens is 396 g/mol. The van der Waals surface area contributed by atoms with Gasteiger partial charge in [-0.05, 0) is 41.8 Å². The van der Waals surface area contributed by atoms with Gasteiger partial charge in [-0.25, -0.2) is 4.79 Å². The minimum atomic E-state index is -0.432. The van der Waals surface area contributed by atoms with Gasteiger partial charge in [0.15, 0.2) is 0 Å². The van der Waals surface area contributed by atoms with Gasteiger partial charge < -0.3 is 20.7 Å². The van der Waals surface area contributed by atoms with Crippen LogP contribution in [0.4, 0.5) is 16.2 Å². The van der Waals surface area contributed by atoms with Crippen LogP contribution >= 0.6 is 0 Å². The second kappa shape index (κ2) is 8.77. The maximum absolute atomic E-state index is 12.5. The molecule has 31 heavy (non-hydrogen) atoms. The second-order valence-corrected chi connectivity index (χ2v) is 7.95. The van der Waals surface area contributed by atoms with Crippen molar-refractivity contribution < 1.29 is 14.3 Å². The van der Waals surface area contributed by atoms with E-state index in [0.29, 0.717) is 24.5 Å². The highest BCUT2D eigenvalue weighted by atomic mass is 16.6. The van der Waals surface area contributed by atoms with Crippen molar-refractivity contribution in [1.82, 2.24) is 5.32 Å². The molecule has 0 spiro atoms. The Labute approximate surface area is 180 Å². The predicted molar refractivity (Wildman–Crippen MR) is 119 cm³/mol. The number of ether oxygens (including phenoxy) is 1. The highest BCUT2D eigenvalue weighted by Crippen LogP contribution is 2.27. The summed E-state index contributed by atoms with van der Waals surface area (Å²) in [5, 5.41) is 2.73. The third-order valence-corrected chi connectivity index (χ3v) is 5.68. The monoisotopic (exact) mass is 422 g/mol. The molecule has 2 aliphatic heterocycles. The summed E-state index contributed by atoms with van der Waals surface area (Å²) in [6.45, 7) is 3.47. The summed E-state index contributed by atoms with van der Waals surface area (Å²) in [5.74, 6) is -0.153. The van der Waals surface area contributed by atoms with Gasteiger partial charge in [-0.15, -0.1) is 0 Å². The van der Waals surface area contributed by atoms with E-state index in [1.807, 2.05) is 41.3 Å². The number of hydrogen-bond donors (Lipinski definition) is 2. The zero-order valence-electron chi connectivity index (χ0n) is 17.4. The highest BCUT2D eigenvalue weighted by Gasteiger charge is 2.34. The molecule has 0 aromatic heterocycles. The Morgan fingerprint density at radius 3 is 2.42 bits per heavy atom. The number of carbonyl (C=O) groups excluding carboxylic acids is 2. The van der Waals surface area contributed by atoms with Crippen LogP contribution < -0.4 is 26.3 Å². The van der Waals surface area contributed by atoms with E-state index in [1.165, 1.54) is 6.92 Å². The van der Waals surface area contributed by atoms with Crippen molar-refractivity contribution in [2.45, 2.75) is 25.4 Å². The number of carbonyl (C=O) groups is 2. The first-order valence-electron chi connectivity index (χ1n) is 10.4. The van der Waals surface area contributed by atoms with Gasteiger partial charge in [0.2, 0.25) is 11.3 Å². The van der Waals surface area contributed by atoms with E-state index in [-0.39, 0.29) is 30.0 Å². The van der Waals surface area contributed by atoms with Gasteiger partial charge in [0, 0.05) is 38.3 Å². The van der Waals surface area contributed by atoms with Crippen molar-refractivity contribution in [3.8, 4) is 11.1 Å². The lowest BCUT2D eigenvalue weighted by molar-refractivity contribution is -0.119. The number of rotatable bonds is 5. The molecule has 2 unspecified atom stereocenters. The molecule has 4 rings (SSSR count). The third-order valence-electron chi connectivity index (χ3n) is 5.68. The number of cyclic esters (lactones) is 1. The lowest BCUT2D eigenvalue weighted by Crippen LogP contribution is -2.42. The first kappa shape index (κ1) is 20.9. The van der Waals surface area contributed by atoms with Crippen LogP contribution in [-0.4, -0.2) is 50.3 Å².